The Morgan fingerprint density at radius 1 is 0.931 bits per heavy atom. The van der Waals surface area contributed by atoms with E-state index in [1.807, 2.05) is 49.4 Å². The maximum Gasteiger partial charge on any atom is 0.261 e. The van der Waals surface area contributed by atoms with Crippen LogP contribution in [0, 0.1) is 6.92 Å². The van der Waals surface area contributed by atoms with Gasteiger partial charge in [0.1, 0.15) is 0 Å². The predicted molar refractivity (Wildman–Crippen MR) is 114 cm³/mol. The molecule has 5 nitrogen and oxygen atoms in total. The summed E-state index contributed by atoms with van der Waals surface area (Å²) in [5.74, 6) is -1.08. The normalized spacial score (nSPS) is 12.8. The fourth-order valence-corrected chi connectivity index (χ4v) is 3.85. The van der Waals surface area contributed by atoms with Gasteiger partial charge in [-0.25, -0.2) is 0 Å². The first-order chi connectivity index (χ1) is 13.9. The van der Waals surface area contributed by atoms with Crippen molar-refractivity contribution < 1.29 is 14.4 Å². The molecule has 0 aromatic heterocycles. The van der Waals surface area contributed by atoms with Crippen LogP contribution < -0.4 is 5.32 Å². The molecular formula is C23H17BrN2O3. The molecule has 0 spiro atoms. The van der Waals surface area contributed by atoms with E-state index >= 15 is 0 Å². The number of amides is 3. The molecular weight excluding hydrogens is 432 g/mol. The SMILES string of the molecule is Cc1ccc(NC(=O)c2ccc3c(c2)C(=O)N(Cc2ccccc2)C3=O)c(Br)c1. The van der Waals surface area contributed by atoms with Gasteiger partial charge in [0.2, 0.25) is 0 Å². The number of anilines is 1. The van der Waals surface area contributed by atoms with Gasteiger partial charge in [-0.2, -0.15) is 0 Å². The molecule has 1 aliphatic rings. The maximum absolute atomic E-state index is 12.8. The lowest BCUT2D eigenvalue weighted by Crippen LogP contribution is -2.29. The molecule has 3 aromatic rings. The van der Waals surface area contributed by atoms with Crippen molar-refractivity contribution in [1.82, 2.24) is 4.90 Å². The van der Waals surface area contributed by atoms with Crippen molar-refractivity contribution in [1.29, 1.82) is 0 Å². The van der Waals surface area contributed by atoms with E-state index in [0.29, 0.717) is 16.8 Å². The summed E-state index contributed by atoms with van der Waals surface area (Å²) in [6, 6.07) is 19.5. The molecule has 6 heteroatoms. The summed E-state index contributed by atoms with van der Waals surface area (Å²) < 4.78 is 0.771. The molecule has 4 rings (SSSR count). The number of rotatable bonds is 4. The Labute approximate surface area is 176 Å². The second kappa shape index (κ2) is 7.64. The lowest BCUT2D eigenvalue weighted by Gasteiger charge is -2.13. The minimum absolute atomic E-state index is 0.199. The molecule has 1 aliphatic heterocycles. The predicted octanol–water partition coefficient (Wildman–Crippen LogP) is 4.81. The second-order valence-electron chi connectivity index (χ2n) is 6.88. The lowest BCUT2D eigenvalue weighted by atomic mass is 10.1. The van der Waals surface area contributed by atoms with Crippen molar-refractivity contribution in [3.8, 4) is 0 Å². The zero-order valence-electron chi connectivity index (χ0n) is 15.6. The summed E-state index contributed by atoms with van der Waals surface area (Å²) in [5, 5.41) is 2.83. The van der Waals surface area contributed by atoms with E-state index in [1.54, 1.807) is 18.2 Å². The van der Waals surface area contributed by atoms with E-state index in [9.17, 15) is 14.4 Å². The third kappa shape index (κ3) is 3.71. The highest BCUT2D eigenvalue weighted by atomic mass is 79.9. The number of halogens is 1. The van der Waals surface area contributed by atoms with Crippen molar-refractivity contribution in [3.63, 3.8) is 0 Å². The fraction of sp³-hybridized carbons (Fsp3) is 0.0870. The van der Waals surface area contributed by atoms with E-state index in [0.717, 1.165) is 15.6 Å². The van der Waals surface area contributed by atoms with Crippen LogP contribution in [0.2, 0.25) is 0 Å². The van der Waals surface area contributed by atoms with Gasteiger partial charge in [0, 0.05) is 10.0 Å². The summed E-state index contributed by atoms with van der Waals surface area (Å²) in [4.78, 5) is 39.3. The first-order valence-electron chi connectivity index (χ1n) is 9.06. The van der Waals surface area contributed by atoms with E-state index in [4.69, 9.17) is 0 Å². The molecule has 0 unspecified atom stereocenters. The second-order valence-corrected chi connectivity index (χ2v) is 7.73. The molecule has 3 amide bonds. The first-order valence-corrected chi connectivity index (χ1v) is 9.85. The highest BCUT2D eigenvalue weighted by Gasteiger charge is 2.36. The Morgan fingerprint density at radius 2 is 1.66 bits per heavy atom. The third-order valence-corrected chi connectivity index (χ3v) is 5.45. The maximum atomic E-state index is 12.8. The van der Waals surface area contributed by atoms with E-state index in [2.05, 4.69) is 21.2 Å². The van der Waals surface area contributed by atoms with Crippen LogP contribution in [-0.2, 0) is 6.54 Å². The largest absolute Gasteiger partial charge is 0.321 e. The van der Waals surface area contributed by atoms with Crippen LogP contribution >= 0.6 is 15.9 Å². The molecule has 0 saturated heterocycles. The standard InChI is InChI=1S/C23H17BrN2O3/c1-14-7-10-20(19(24)11-14)25-21(27)16-8-9-17-18(12-16)23(29)26(22(17)28)13-15-5-3-2-4-6-15/h2-12H,13H2,1H3,(H,25,27). The zero-order chi connectivity index (χ0) is 20.5. The number of nitrogens with one attached hydrogen (secondary N) is 1. The van der Waals surface area contributed by atoms with E-state index in [1.165, 1.54) is 11.0 Å². The molecule has 0 bridgehead atoms. The van der Waals surface area contributed by atoms with Crippen LogP contribution in [0.15, 0.2) is 71.2 Å². The number of imide groups is 1. The summed E-state index contributed by atoms with van der Waals surface area (Å²) in [7, 11) is 0. The summed E-state index contributed by atoms with van der Waals surface area (Å²) in [6.45, 7) is 2.16. The number of hydrogen-bond donors (Lipinski definition) is 1. The molecule has 144 valence electrons. The van der Waals surface area contributed by atoms with Crippen LogP contribution in [0.1, 0.15) is 42.2 Å². The Hall–Kier alpha value is -3.25. The number of carbonyl (C=O) groups is 3. The topological polar surface area (TPSA) is 66.5 Å². The van der Waals surface area contributed by atoms with Gasteiger partial charge in [-0.15, -0.1) is 0 Å². The molecule has 3 aromatic carbocycles. The molecule has 0 fully saturated rings. The number of benzene rings is 3. The highest BCUT2D eigenvalue weighted by molar-refractivity contribution is 9.10. The van der Waals surface area contributed by atoms with Crippen molar-refractivity contribution in [3.05, 3.63) is 99.0 Å². The Bertz CT molecular complexity index is 1140. The summed E-state index contributed by atoms with van der Waals surface area (Å²) in [6.07, 6.45) is 0. The fourth-order valence-electron chi connectivity index (χ4n) is 3.26. The van der Waals surface area contributed by atoms with E-state index in [-0.39, 0.29) is 29.8 Å². The van der Waals surface area contributed by atoms with Gasteiger partial charge in [0.15, 0.2) is 0 Å². The van der Waals surface area contributed by atoms with Crippen LogP contribution in [0.5, 0.6) is 0 Å². The summed E-state index contributed by atoms with van der Waals surface area (Å²) >= 11 is 3.43. The molecule has 1 heterocycles. The van der Waals surface area contributed by atoms with Crippen molar-refractivity contribution >= 4 is 39.3 Å². The first kappa shape index (κ1) is 19.1. The van der Waals surface area contributed by atoms with Gasteiger partial charge in [-0.1, -0.05) is 36.4 Å². The van der Waals surface area contributed by atoms with Crippen molar-refractivity contribution in [2.45, 2.75) is 13.5 Å². The average molecular weight is 449 g/mol. The zero-order valence-corrected chi connectivity index (χ0v) is 17.2. The molecule has 0 atom stereocenters. The van der Waals surface area contributed by atoms with Gasteiger partial charge in [0.25, 0.3) is 17.7 Å². The van der Waals surface area contributed by atoms with Crippen LogP contribution in [0.25, 0.3) is 0 Å². The number of hydrogen-bond acceptors (Lipinski definition) is 3. The molecule has 29 heavy (non-hydrogen) atoms. The number of aryl methyl sites for hydroxylation is 1. The number of fused-ring (bicyclic) bond motifs is 1. The van der Waals surface area contributed by atoms with Gasteiger partial charge in [0.05, 0.1) is 23.4 Å². The number of carbonyl (C=O) groups excluding carboxylic acids is 3. The van der Waals surface area contributed by atoms with Gasteiger partial charge >= 0.3 is 0 Å². The minimum atomic E-state index is -0.389. The quantitative estimate of drug-likeness (QED) is 0.582. The van der Waals surface area contributed by atoms with Gasteiger partial charge < -0.3 is 5.32 Å². The van der Waals surface area contributed by atoms with Crippen molar-refractivity contribution in [2.75, 3.05) is 5.32 Å². The van der Waals surface area contributed by atoms with Gasteiger partial charge in [-0.05, 0) is 64.3 Å². The minimum Gasteiger partial charge on any atom is -0.321 e. The van der Waals surface area contributed by atoms with Crippen LogP contribution in [0.4, 0.5) is 5.69 Å². The highest BCUT2D eigenvalue weighted by Crippen LogP contribution is 2.27. The monoisotopic (exact) mass is 448 g/mol. The lowest BCUT2D eigenvalue weighted by molar-refractivity contribution is 0.0642. The molecule has 1 N–H and O–H groups in total. The number of nitrogens with zero attached hydrogens (tertiary/aromatic N) is 1. The Kier molecular flexibility index (Phi) is 5.03. The van der Waals surface area contributed by atoms with Gasteiger partial charge in [-0.3, -0.25) is 19.3 Å². The molecule has 0 radical (unpaired) electrons. The van der Waals surface area contributed by atoms with Crippen LogP contribution in [-0.4, -0.2) is 22.6 Å². The van der Waals surface area contributed by atoms with E-state index < -0.39 is 0 Å². The summed E-state index contributed by atoms with van der Waals surface area (Å²) in [5.41, 5.74) is 3.45. The third-order valence-electron chi connectivity index (χ3n) is 4.79. The Morgan fingerprint density at radius 3 is 2.38 bits per heavy atom. The Balaban J connectivity index is 1.57. The smallest absolute Gasteiger partial charge is 0.261 e. The average Bonchev–Trinajstić information content (AvgIpc) is 2.95. The van der Waals surface area contributed by atoms with Crippen LogP contribution in [0.3, 0.4) is 0 Å². The molecule has 0 saturated carbocycles. The van der Waals surface area contributed by atoms with Crippen molar-refractivity contribution in [2.24, 2.45) is 0 Å². The molecule has 0 aliphatic carbocycles.